The molecule has 0 spiro atoms. The summed E-state index contributed by atoms with van der Waals surface area (Å²) in [4.78, 5) is 3.46. The number of hydrogen-bond acceptors (Lipinski definition) is 2. The third-order valence-corrected chi connectivity index (χ3v) is 1.38. The lowest BCUT2D eigenvalue weighted by atomic mass is 10.3. The molecule has 2 N–H and O–H groups in total. The second kappa shape index (κ2) is 4.38. The maximum Gasteiger partial charge on any atom is 0.207 e. The number of rotatable bonds is 1. The van der Waals surface area contributed by atoms with Crippen molar-refractivity contribution in [2.45, 2.75) is 0 Å². The molecule has 0 aliphatic heterocycles. The van der Waals surface area contributed by atoms with Crippen molar-refractivity contribution in [1.82, 2.24) is 0 Å². The molecule has 0 aliphatic carbocycles. The molecule has 0 atom stereocenters. The maximum absolute atomic E-state index is 6.55. The lowest BCUT2D eigenvalue weighted by Crippen LogP contribution is -2.04. The summed E-state index contributed by atoms with van der Waals surface area (Å²) in [5.41, 5.74) is 0.863. The third kappa shape index (κ3) is 2.62. The van der Waals surface area contributed by atoms with Gasteiger partial charge in [0.05, 0.1) is 6.01 Å². The number of benzene rings is 1. The van der Waals surface area contributed by atoms with Crippen LogP contribution in [0.1, 0.15) is 0 Å². The summed E-state index contributed by atoms with van der Waals surface area (Å²) in [6, 6.07) is 11.3. The van der Waals surface area contributed by atoms with Crippen molar-refractivity contribution < 1.29 is 0 Å². The van der Waals surface area contributed by atoms with E-state index in [0.717, 1.165) is 5.69 Å². The molecule has 0 saturated heterocycles. The van der Waals surface area contributed by atoms with E-state index in [1.165, 1.54) is 0 Å². The first kappa shape index (κ1) is 8.59. The second-order valence-electron chi connectivity index (χ2n) is 2.02. The number of anilines is 1. The van der Waals surface area contributed by atoms with Crippen LogP contribution in [0.15, 0.2) is 35.3 Å². The first-order valence-electron chi connectivity index (χ1n) is 3.31. The summed E-state index contributed by atoms with van der Waals surface area (Å²) in [6.07, 6.45) is 0. The molecule has 60 valence electrons. The maximum atomic E-state index is 6.55. The van der Waals surface area contributed by atoms with E-state index in [2.05, 4.69) is 10.3 Å². The van der Waals surface area contributed by atoms with Gasteiger partial charge in [0.15, 0.2) is 0 Å². The molecule has 3 nitrogen and oxygen atoms in total. The minimum Gasteiger partial charge on any atom is -0.330 e. The van der Waals surface area contributed by atoms with E-state index in [-0.39, 0.29) is 5.11 Å². The Morgan fingerprint density at radius 2 is 2.08 bits per heavy atom. The van der Waals surface area contributed by atoms with E-state index in [0.29, 0.717) is 0 Å². The first-order valence-corrected chi connectivity index (χ1v) is 3.72. The predicted molar refractivity (Wildman–Crippen MR) is 52.8 cm³/mol. The number of hydrogen-bond donors (Lipinski definition) is 2. The van der Waals surface area contributed by atoms with Gasteiger partial charge in [0, 0.05) is 5.69 Å². The number of thiocarbonyl (C=S) groups is 1. The van der Waals surface area contributed by atoms with Crippen molar-refractivity contribution in [2.75, 3.05) is 5.32 Å². The second-order valence-corrected chi connectivity index (χ2v) is 2.41. The molecule has 0 fully saturated rings. The van der Waals surface area contributed by atoms with Gasteiger partial charge in [-0.15, -0.1) is 0 Å². The highest BCUT2D eigenvalue weighted by atomic mass is 32.1. The first-order chi connectivity index (χ1) is 5.83. The van der Waals surface area contributed by atoms with Gasteiger partial charge in [0.25, 0.3) is 0 Å². The van der Waals surface area contributed by atoms with Crippen molar-refractivity contribution in [3.63, 3.8) is 0 Å². The Kier molecular flexibility index (Phi) is 3.14. The summed E-state index contributed by atoms with van der Waals surface area (Å²) in [6.45, 7) is 0. The molecule has 1 rings (SSSR count). The van der Waals surface area contributed by atoms with E-state index in [1.54, 1.807) is 0 Å². The predicted octanol–water partition coefficient (Wildman–Crippen LogP) is 2.14. The lowest BCUT2D eigenvalue weighted by Gasteiger charge is -2.00. The average Bonchev–Trinajstić information content (AvgIpc) is 2.06. The number of nitrogens with zero attached hydrogens (tertiary/aromatic N) is 1. The van der Waals surface area contributed by atoms with Crippen LogP contribution in [0, 0.1) is 5.41 Å². The standard InChI is InChI=1S/C8H7N3S/c9-6-10-8(12)11-7-4-2-1-3-5-7/h1-5,9H,(H,11,12). The van der Waals surface area contributed by atoms with Gasteiger partial charge in [-0.3, -0.25) is 0 Å². The topological polar surface area (TPSA) is 48.2 Å². The largest absolute Gasteiger partial charge is 0.330 e. The fourth-order valence-corrected chi connectivity index (χ4v) is 0.887. The third-order valence-electron chi connectivity index (χ3n) is 1.18. The molecule has 1 aromatic rings. The highest BCUT2D eigenvalue weighted by molar-refractivity contribution is 7.80. The molecule has 0 aromatic heterocycles. The van der Waals surface area contributed by atoms with Gasteiger partial charge in [-0.2, -0.15) is 4.99 Å². The molecular weight excluding hydrogens is 170 g/mol. The Morgan fingerprint density at radius 3 is 2.67 bits per heavy atom. The van der Waals surface area contributed by atoms with Gasteiger partial charge >= 0.3 is 0 Å². The zero-order valence-corrected chi connectivity index (χ0v) is 7.06. The molecule has 0 saturated carbocycles. The van der Waals surface area contributed by atoms with Gasteiger partial charge in [-0.25, -0.2) is 5.41 Å². The Morgan fingerprint density at radius 1 is 1.42 bits per heavy atom. The van der Waals surface area contributed by atoms with E-state index in [1.807, 2.05) is 36.3 Å². The monoisotopic (exact) mass is 177 g/mol. The minimum absolute atomic E-state index is 0.246. The van der Waals surface area contributed by atoms with Gasteiger partial charge in [0.1, 0.15) is 0 Å². The van der Waals surface area contributed by atoms with Crippen LogP contribution >= 0.6 is 12.2 Å². The summed E-state index contributed by atoms with van der Waals surface area (Å²) >= 11 is 4.77. The number of nitrogens with one attached hydrogen (secondary N) is 2. The Labute approximate surface area is 75.7 Å². The highest BCUT2D eigenvalue weighted by Crippen LogP contribution is 2.04. The van der Waals surface area contributed by atoms with Gasteiger partial charge < -0.3 is 5.32 Å². The number of para-hydroxylation sites is 1. The van der Waals surface area contributed by atoms with Gasteiger partial charge in [-0.05, 0) is 24.4 Å². The summed E-state index contributed by atoms with van der Waals surface area (Å²) in [5, 5.41) is 9.63. The normalized spacial score (nSPS) is 8.33. The van der Waals surface area contributed by atoms with Crippen LogP contribution < -0.4 is 5.32 Å². The molecule has 4 heteroatoms. The van der Waals surface area contributed by atoms with Crippen molar-refractivity contribution >= 4 is 29.0 Å². The van der Waals surface area contributed by atoms with Gasteiger partial charge in [0.2, 0.25) is 5.11 Å². The molecule has 0 radical (unpaired) electrons. The SMILES string of the molecule is N=C=NC(=S)Nc1ccccc1. The molecule has 0 bridgehead atoms. The van der Waals surface area contributed by atoms with Crippen LogP contribution in [0.25, 0.3) is 0 Å². The van der Waals surface area contributed by atoms with Crippen LogP contribution in [0.5, 0.6) is 0 Å². The molecule has 0 amide bonds. The Balaban J connectivity index is 2.64. The average molecular weight is 177 g/mol. The zero-order valence-electron chi connectivity index (χ0n) is 6.24. The summed E-state index contributed by atoms with van der Waals surface area (Å²) < 4.78 is 0. The van der Waals surface area contributed by atoms with Crippen molar-refractivity contribution in [1.29, 1.82) is 5.41 Å². The molecule has 0 heterocycles. The molecular formula is C8H7N3S. The summed E-state index contributed by atoms with van der Waals surface area (Å²) in [7, 11) is 0. The Hall–Kier alpha value is -1.51. The van der Waals surface area contributed by atoms with E-state index in [4.69, 9.17) is 17.6 Å². The van der Waals surface area contributed by atoms with Crippen LogP contribution in [0.2, 0.25) is 0 Å². The van der Waals surface area contributed by atoms with Crippen LogP contribution in [0.4, 0.5) is 5.69 Å². The van der Waals surface area contributed by atoms with E-state index in [9.17, 15) is 0 Å². The van der Waals surface area contributed by atoms with Crippen LogP contribution in [-0.4, -0.2) is 11.1 Å². The lowest BCUT2D eigenvalue weighted by molar-refractivity contribution is 1.54. The number of aliphatic imine (C=N–C) groups is 1. The van der Waals surface area contributed by atoms with Crippen LogP contribution in [-0.2, 0) is 0 Å². The Bertz CT molecular complexity index is 314. The zero-order chi connectivity index (χ0) is 8.81. The van der Waals surface area contributed by atoms with Crippen molar-refractivity contribution in [3.8, 4) is 0 Å². The van der Waals surface area contributed by atoms with E-state index < -0.39 is 0 Å². The quantitative estimate of drug-likeness (QED) is 0.510. The fraction of sp³-hybridized carbons (Fsp3) is 0. The van der Waals surface area contributed by atoms with E-state index >= 15 is 0 Å². The van der Waals surface area contributed by atoms with Gasteiger partial charge in [-0.1, -0.05) is 18.2 Å². The van der Waals surface area contributed by atoms with Crippen LogP contribution in [0.3, 0.4) is 0 Å². The minimum atomic E-state index is 0.246. The molecule has 0 aliphatic rings. The molecule has 0 unspecified atom stereocenters. The smallest absolute Gasteiger partial charge is 0.207 e. The highest BCUT2D eigenvalue weighted by Gasteiger charge is 1.91. The molecule has 1 aromatic carbocycles. The van der Waals surface area contributed by atoms with Crippen molar-refractivity contribution in [3.05, 3.63) is 30.3 Å². The fourth-order valence-electron chi connectivity index (χ4n) is 0.724. The summed E-state index contributed by atoms with van der Waals surface area (Å²) in [5.74, 6) is 0. The molecule has 12 heavy (non-hydrogen) atoms. The van der Waals surface area contributed by atoms with Crippen molar-refractivity contribution in [2.24, 2.45) is 4.99 Å².